The smallest absolute Gasteiger partial charge is 0.221 e. The van der Waals surface area contributed by atoms with E-state index >= 15 is 0 Å². The summed E-state index contributed by atoms with van der Waals surface area (Å²) in [5.74, 6) is -0.0988. The summed E-state index contributed by atoms with van der Waals surface area (Å²) in [5, 5.41) is 7.04. The summed E-state index contributed by atoms with van der Waals surface area (Å²) in [6, 6.07) is 20.3. The van der Waals surface area contributed by atoms with Crippen molar-refractivity contribution in [2.45, 2.75) is 53.6 Å². The van der Waals surface area contributed by atoms with E-state index in [1.54, 1.807) is 0 Å². The van der Waals surface area contributed by atoms with Gasteiger partial charge in [0.05, 0.1) is 23.5 Å². The molecule has 0 unspecified atom stereocenters. The molecule has 2 aromatic carbocycles. The van der Waals surface area contributed by atoms with E-state index in [2.05, 4.69) is 72.9 Å². The number of rotatable bonds is 5. The topological polar surface area (TPSA) is 62.2 Å². The Kier molecular flexibility index (Phi) is 6.80. The SMILES string of the molecule is CC(=O)Nc1ccc(N2C(=S)N[C@H](c3ccccn3)[C@@H]2c2cc(C)n(-c3c(C)cc(C)cc3C)c2C)cc1. The Balaban J connectivity index is 1.66. The van der Waals surface area contributed by atoms with Gasteiger partial charge in [0, 0.05) is 35.9 Å². The molecule has 0 spiro atoms. The first kappa shape index (κ1) is 25.7. The number of nitrogens with zero attached hydrogens (tertiary/aromatic N) is 3. The number of pyridine rings is 1. The molecule has 0 aliphatic carbocycles. The zero-order valence-electron chi connectivity index (χ0n) is 22.7. The first-order valence-corrected chi connectivity index (χ1v) is 13.2. The Bertz CT molecular complexity index is 1500. The lowest BCUT2D eigenvalue weighted by Crippen LogP contribution is -2.29. The quantitative estimate of drug-likeness (QED) is 0.291. The second-order valence-electron chi connectivity index (χ2n) is 10.1. The van der Waals surface area contributed by atoms with Gasteiger partial charge in [0.1, 0.15) is 0 Å². The van der Waals surface area contributed by atoms with Crippen molar-refractivity contribution in [1.29, 1.82) is 0 Å². The highest BCUT2D eigenvalue weighted by Crippen LogP contribution is 2.44. The molecule has 1 saturated heterocycles. The average Bonchev–Trinajstić information content (AvgIpc) is 3.35. The molecule has 3 heterocycles. The van der Waals surface area contributed by atoms with Gasteiger partial charge >= 0.3 is 0 Å². The zero-order chi connectivity index (χ0) is 27.1. The molecule has 1 amide bonds. The van der Waals surface area contributed by atoms with Gasteiger partial charge in [0.2, 0.25) is 5.91 Å². The standard InChI is InChI=1S/C31H33N5OS/c1-18-15-19(2)29(20(3)16-18)35-21(4)17-26(22(35)5)30-28(27-9-7-8-14-32-27)34-31(38)36(30)25-12-10-24(11-13-25)33-23(6)37/h7-17,28,30H,1-6H3,(H,33,37)(H,34,38)/t28-,30+/m1/s1. The minimum absolute atomic E-state index is 0.0988. The molecule has 4 aromatic rings. The second-order valence-corrected chi connectivity index (χ2v) is 10.5. The first-order chi connectivity index (χ1) is 18.2. The Morgan fingerprint density at radius 1 is 0.974 bits per heavy atom. The van der Waals surface area contributed by atoms with E-state index in [-0.39, 0.29) is 18.0 Å². The molecule has 6 nitrogen and oxygen atoms in total. The summed E-state index contributed by atoms with van der Waals surface area (Å²) in [4.78, 5) is 18.4. The monoisotopic (exact) mass is 523 g/mol. The molecular weight excluding hydrogens is 490 g/mol. The molecule has 2 aromatic heterocycles. The highest BCUT2D eigenvalue weighted by Gasteiger charge is 2.42. The Labute approximate surface area is 229 Å². The Hall–Kier alpha value is -3.97. The molecule has 194 valence electrons. The molecule has 1 fully saturated rings. The number of aryl methyl sites for hydroxylation is 4. The summed E-state index contributed by atoms with van der Waals surface area (Å²) in [5.41, 5.74) is 11.2. The van der Waals surface area contributed by atoms with Crippen LogP contribution in [-0.4, -0.2) is 20.6 Å². The highest BCUT2D eigenvalue weighted by atomic mass is 32.1. The van der Waals surface area contributed by atoms with Crippen LogP contribution in [0.2, 0.25) is 0 Å². The summed E-state index contributed by atoms with van der Waals surface area (Å²) < 4.78 is 2.37. The van der Waals surface area contributed by atoms with E-state index in [0.717, 1.165) is 17.1 Å². The van der Waals surface area contributed by atoms with Crippen molar-refractivity contribution in [3.05, 3.63) is 106 Å². The third-order valence-electron chi connectivity index (χ3n) is 7.21. The van der Waals surface area contributed by atoms with Gasteiger partial charge < -0.3 is 20.1 Å². The van der Waals surface area contributed by atoms with E-state index in [1.807, 2.05) is 48.7 Å². The molecule has 0 radical (unpaired) electrons. The maximum Gasteiger partial charge on any atom is 0.221 e. The number of benzene rings is 2. The van der Waals surface area contributed by atoms with Crippen molar-refractivity contribution < 1.29 is 4.79 Å². The molecule has 0 bridgehead atoms. The molecule has 1 aliphatic rings. The lowest BCUT2D eigenvalue weighted by molar-refractivity contribution is -0.114. The van der Waals surface area contributed by atoms with Crippen LogP contribution in [-0.2, 0) is 4.79 Å². The molecule has 0 saturated carbocycles. The molecule has 2 atom stereocenters. The average molecular weight is 524 g/mol. The van der Waals surface area contributed by atoms with Gasteiger partial charge in [-0.3, -0.25) is 9.78 Å². The third kappa shape index (κ3) is 4.58. The highest BCUT2D eigenvalue weighted by molar-refractivity contribution is 7.80. The fourth-order valence-corrected chi connectivity index (χ4v) is 6.16. The minimum Gasteiger partial charge on any atom is -0.351 e. The molecule has 5 rings (SSSR count). The van der Waals surface area contributed by atoms with Crippen LogP contribution >= 0.6 is 12.2 Å². The second kappa shape index (κ2) is 10.1. The fraction of sp³-hybridized carbons (Fsp3) is 0.258. The number of hydrogen-bond acceptors (Lipinski definition) is 3. The number of amides is 1. The van der Waals surface area contributed by atoms with Gasteiger partial charge in [-0.25, -0.2) is 0 Å². The van der Waals surface area contributed by atoms with Crippen molar-refractivity contribution >= 4 is 34.6 Å². The van der Waals surface area contributed by atoms with Crippen LogP contribution in [0.4, 0.5) is 11.4 Å². The predicted octanol–water partition coefficient (Wildman–Crippen LogP) is 6.55. The third-order valence-corrected chi connectivity index (χ3v) is 7.53. The minimum atomic E-state index is -0.132. The maximum atomic E-state index is 11.5. The fourth-order valence-electron chi connectivity index (χ4n) is 5.81. The number of carbonyl (C=O) groups is 1. The van der Waals surface area contributed by atoms with Crippen molar-refractivity contribution in [3.8, 4) is 5.69 Å². The Morgan fingerprint density at radius 2 is 1.66 bits per heavy atom. The number of aromatic nitrogens is 2. The molecule has 7 heteroatoms. The van der Waals surface area contributed by atoms with Crippen molar-refractivity contribution in [1.82, 2.24) is 14.9 Å². The summed E-state index contributed by atoms with van der Waals surface area (Å²) in [7, 11) is 0. The number of thiocarbonyl (C=S) groups is 1. The lowest BCUT2D eigenvalue weighted by atomic mass is 9.96. The largest absolute Gasteiger partial charge is 0.351 e. The van der Waals surface area contributed by atoms with Gasteiger partial charge in [-0.1, -0.05) is 23.8 Å². The number of anilines is 2. The van der Waals surface area contributed by atoms with E-state index in [9.17, 15) is 4.79 Å². The van der Waals surface area contributed by atoms with Gasteiger partial charge in [-0.15, -0.1) is 0 Å². The van der Waals surface area contributed by atoms with Gasteiger partial charge in [0.15, 0.2) is 5.11 Å². The molecule has 38 heavy (non-hydrogen) atoms. The zero-order valence-corrected chi connectivity index (χ0v) is 23.5. The van der Waals surface area contributed by atoms with Gasteiger partial charge in [-0.05, 0) is 106 Å². The van der Waals surface area contributed by atoms with Crippen LogP contribution in [0.3, 0.4) is 0 Å². The maximum absolute atomic E-state index is 11.5. The van der Waals surface area contributed by atoms with Crippen LogP contribution in [0.5, 0.6) is 0 Å². The van der Waals surface area contributed by atoms with Crippen molar-refractivity contribution in [2.75, 3.05) is 10.2 Å². The molecule has 2 N–H and O–H groups in total. The number of carbonyl (C=O) groups excluding carboxylic acids is 1. The lowest BCUT2D eigenvalue weighted by Gasteiger charge is -2.28. The van der Waals surface area contributed by atoms with E-state index in [4.69, 9.17) is 17.2 Å². The van der Waals surface area contributed by atoms with Crippen molar-refractivity contribution in [3.63, 3.8) is 0 Å². The van der Waals surface area contributed by atoms with E-state index < -0.39 is 0 Å². The van der Waals surface area contributed by atoms with Crippen LogP contribution in [0.15, 0.2) is 66.9 Å². The molecular formula is C31H33N5OS. The molecule has 1 aliphatic heterocycles. The first-order valence-electron chi connectivity index (χ1n) is 12.8. The van der Waals surface area contributed by atoms with Gasteiger partial charge in [-0.2, -0.15) is 0 Å². The predicted molar refractivity (Wildman–Crippen MR) is 158 cm³/mol. The van der Waals surface area contributed by atoms with Crippen LogP contribution in [0.25, 0.3) is 5.69 Å². The summed E-state index contributed by atoms with van der Waals surface area (Å²) in [6.45, 7) is 12.4. The normalized spacial score (nSPS) is 17.0. The number of nitrogens with one attached hydrogen (secondary N) is 2. The van der Waals surface area contributed by atoms with Crippen LogP contribution in [0.1, 0.15) is 58.3 Å². The summed E-state index contributed by atoms with van der Waals surface area (Å²) in [6.07, 6.45) is 1.82. The van der Waals surface area contributed by atoms with Crippen molar-refractivity contribution in [2.24, 2.45) is 0 Å². The van der Waals surface area contributed by atoms with Crippen LogP contribution < -0.4 is 15.5 Å². The van der Waals surface area contributed by atoms with E-state index in [0.29, 0.717) is 5.11 Å². The van der Waals surface area contributed by atoms with Crippen LogP contribution in [0, 0.1) is 34.6 Å². The summed E-state index contributed by atoms with van der Waals surface area (Å²) >= 11 is 5.92. The number of hydrogen-bond donors (Lipinski definition) is 2. The Morgan fingerprint density at radius 3 is 2.26 bits per heavy atom. The van der Waals surface area contributed by atoms with Gasteiger partial charge in [0.25, 0.3) is 0 Å². The van der Waals surface area contributed by atoms with E-state index in [1.165, 1.54) is 46.3 Å².